The molecular weight excluding hydrogens is 328 g/mol. The van der Waals surface area contributed by atoms with E-state index >= 15 is 0 Å². The van der Waals surface area contributed by atoms with E-state index in [1.165, 1.54) is 7.05 Å². The van der Waals surface area contributed by atoms with Crippen molar-refractivity contribution >= 4 is 5.71 Å². The van der Waals surface area contributed by atoms with E-state index in [9.17, 15) is 14.7 Å². The number of nitrogens with zero attached hydrogens (tertiary/aromatic N) is 2. The third kappa shape index (κ3) is 2.84. The SMILES string of the molecule is COc1ccc([C@H]2CC(c3c(O)n(C)c(=O)[nH]c3=O)=NN2)cc1OC. The Morgan fingerprint density at radius 1 is 1.24 bits per heavy atom. The van der Waals surface area contributed by atoms with Gasteiger partial charge in [0.2, 0.25) is 5.88 Å². The molecule has 0 saturated carbocycles. The predicted molar refractivity (Wildman–Crippen MR) is 90.5 cm³/mol. The van der Waals surface area contributed by atoms with E-state index in [0.29, 0.717) is 23.6 Å². The Kier molecular flexibility index (Phi) is 4.22. The van der Waals surface area contributed by atoms with Crippen LogP contribution in [0.3, 0.4) is 0 Å². The fourth-order valence-electron chi connectivity index (χ4n) is 2.73. The minimum absolute atomic E-state index is 0.0161. The molecule has 1 aliphatic heterocycles. The van der Waals surface area contributed by atoms with Crippen LogP contribution in [0.5, 0.6) is 17.4 Å². The number of hydrazone groups is 1. The summed E-state index contributed by atoms with van der Waals surface area (Å²) in [6, 6.07) is 5.26. The fraction of sp³-hybridized carbons (Fsp3) is 0.312. The lowest BCUT2D eigenvalue weighted by Crippen LogP contribution is -2.32. The predicted octanol–water partition coefficient (Wildman–Crippen LogP) is 0.235. The van der Waals surface area contributed by atoms with Crippen LogP contribution < -0.4 is 26.1 Å². The number of aromatic amines is 1. The van der Waals surface area contributed by atoms with E-state index in [4.69, 9.17) is 9.47 Å². The number of nitrogens with one attached hydrogen (secondary N) is 2. The summed E-state index contributed by atoms with van der Waals surface area (Å²) in [5.74, 6) is 0.776. The van der Waals surface area contributed by atoms with Gasteiger partial charge in [-0.15, -0.1) is 0 Å². The van der Waals surface area contributed by atoms with E-state index in [-0.39, 0.29) is 11.6 Å². The number of ether oxygens (including phenoxy) is 2. The first kappa shape index (κ1) is 16.6. The van der Waals surface area contributed by atoms with Crippen molar-refractivity contribution in [3.05, 3.63) is 50.2 Å². The van der Waals surface area contributed by atoms with Crippen molar-refractivity contribution < 1.29 is 14.6 Å². The maximum Gasteiger partial charge on any atom is 0.330 e. The van der Waals surface area contributed by atoms with Crippen LogP contribution in [0, 0.1) is 0 Å². The summed E-state index contributed by atoms with van der Waals surface area (Å²) in [4.78, 5) is 25.7. The van der Waals surface area contributed by atoms with Gasteiger partial charge < -0.3 is 20.0 Å². The van der Waals surface area contributed by atoms with Gasteiger partial charge in [-0.25, -0.2) is 4.79 Å². The van der Waals surface area contributed by atoms with Crippen molar-refractivity contribution in [3.63, 3.8) is 0 Å². The largest absolute Gasteiger partial charge is 0.494 e. The Bertz CT molecular complexity index is 960. The van der Waals surface area contributed by atoms with Crippen molar-refractivity contribution in [2.45, 2.75) is 12.5 Å². The normalized spacial score (nSPS) is 16.3. The highest BCUT2D eigenvalue weighted by Gasteiger charge is 2.27. The molecule has 1 aromatic carbocycles. The minimum atomic E-state index is -0.686. The van der Waals surface area contributed by atoms with Crippen molar-refractivity contribution in [2.24, 2.45) is 12.1 Å². The van der Waals surface area contributed by atoms with Gasteiger partial charge in [-0.05, 0) is 17.7 Å². The van der Waals surface area contributed by atoms with Crippen molar-refractivity contribution in [1.82, 2.24) is 15.0 Å². The number of hydrogen-bond donors (Lipinski definition) is 3. The summed E-state index contributed by atoms with van der Waals surface area (Å²) in [7, 11) is 4.47. The number of rotatable bonds is 4. The van der Waals surface area contributed by atoms with Crippen molar-refractivity contribution in [1.29, 1.82) is 0 Å². The lowest BCUT2D eigenvalue weighted by Gasteiger charge is -2.14. The Hall–Kier alpha value is -3.23. The number of H-pyrrole nitrogens is 1. The average molecular weight is 346 g/mol. The molecule has 3 N–H and O–H groups in total. The maximum atomic E-state index is 12.1. The Morgan fingerprint density at radius 3 is 2.64 bits per heavy atom. The molecule has 1 aliphatic rings. The van der Waals surface area contributed by atoms with Crippen LogP contribution in [0.2, 0.25) is 0 Å². The average Bonchev–Trinajstić information content (AvgIpc) is 3.08. The summed E-state index contributed by atoms with van der Waals surface area (Å²) in [6.45, 7) is 0. The number of methoxy groups -OCH3 is 2. The van der Waals surface area contributed by atoms with E-state index in [0.717, 1.165) is 10.1 Å². The number of benzene rings is 1. The molecule has 9 heteroatoms. The molecule has 2 heterocycles. The van der Waals surface area contributed by atoms with Gasteiger partial charge in [-0.1, -0.05) is 6.07 Å². The van der Waals surface area contributed by atoms with Crippen LogP contribution in [0.1, 0.15) is 23.6 Å². The highest BCUT2D eigenvalue weighted by Crippen LogP contribution is 2.33. The highest BCUT2D eigenvalue weighted by molar-refractivity contribution is 6.03. The zero-order valence-corrected chi connectivity index (χ0v) is 14.0. The molecule has 1 aromatic heterocycles. The summed E-state index contributed by atoms with van der Waals surface area (Å²) in [5.41, 5.74) is 2.82. The fourth-order valence-corrected chi connectivity index (χ4v) is 2.73. The van der Waals surface area contributed by atoms with Crippen LogP contribution in [-0.4, -0.2) is 34.6 Å². The van der Waals surface area contributed by atoms with Gasteiger partial charge in [-0.2, -0.15) is 5.10 Å². The monoisotopic (exact) mass is 346 g/mol. The summed E-state index contributed by atoms with van der Waals surface area (Å²) < 4.78 is 11.5. The molecule has 3 rings (SSSR count). The standard InChI is InChI=1S/C16H18N4O5/c1-20-15(22)13(14(21)17-16(20)23)10-7-9(18-19-10)8-4-5-11(24-2)12(6-8)25-3/h4-6,9,18,22H,7H2,1-3H3,(H,17,21,23)/t9-/m1/s1. The zero-order chi connectivity index (χ0) is 18.1. The molecular formula is C16H18N4O5. The molecule has 25 heavy (non-hydrogen) atoms. The van der Waals surface area contributed by atoms with Crippen LogP contribution in [0.15, 0.2) is 32.9 Å². The third-order valence-corrected chi connectivity index (χ3v) is 4.14. The minimum Gasteiger partial charge on any atom is -0.494 e. The third-order valence-electron chi connectivity index (χ3n) is 4.14. The van der Waals surface area contributed by atoms with E-state index < -0.39 is 17.1 Å². The van der Waals surface area contributed by atoms with Crippen molar-refractivity contribution in [2.75, 3.05) is 14.2 Å². The van der Waals surface area contributed by atoms with Gasteiger partial charge in [0, 0.05) is 13.5 Å². The Balaban J connectivity index is 1.91. The molecule has 0 radical (unpaired) electrons. The van der Waals surface area contributed by atoms with Gasteiger partial charge in [0.25, 0.3) is 5.56 Å². The number of aromatic nitrogens is 2. The Morgan fingerprint density at radius 2 is 1.96 bits per heavy atom. The van der Waals surface area contributed by atoms with Gasteiger partial charge in [0.05, 0.1) is 26.0 Å². The molecule has 0 fully saturated rings. The van der Waals surface area contributed by atoms with E-state index in [2.05, 4.69) is 15.5 Å². The second-order valence-corrected chi connectivity index (χ2v) is 5.58. The summed E-state index contributed by atoms with van der Waals surface area (Å²) in [6.07, 6.45) is 0.365. The molecule has 1 atom stereocenters. The maximum absolute atomic E-state index is 12.1. The van der Waals surface area contributed by atoms with Crippen LogP contribution in [0.25, 0.3) is 0 Å². The first-order valence-electron chi connectivity index (χ1n) is 7.53. The molecule has 0 saturated heterocycles. The van der Waals surface area contributed by atoms with Gasteiger partial charge >= 0.3 is 5.69 Å². The summed E-state index contributed by atoms with van der Waals surface area (Å²) >= 11 is 0. The Labute approximate surface area is 142 Å². The topological polar surface area (TPSA) is 118 Å². The number of hydrogen-bond acceptors (Lipinski definition) is 7. The smallest absolute Gasteiger partial charge is 0.330 e. The van der Waals surface area contributed by atoms with Crippen molar-refractivity contribution in [3.8, 4) is 17.4 Å². The zero-order valence-electron chi connectivity index (χ0n) is 14.0. The quantitative estimate of drug-likeness (QED) is 0.730. The lowest BCUT2D eigenvalue weighted by atomic mass is 9.99. The molecule has 0 aliphatic carbocycles. The molecule has 0 spiro atoms. The van der Waals surface area contributed by atoms with Gasteiger partial charge in [-0.3, -0.25) is 14.3 Å². The first-order valence-corrected chi connectivity index (χ1v) is 7.53. The number of aromatic hydroxyl groups is 1. The molecule has 0 bridgehead atoms. The van der Waals surface area contributed by atoms with E-state index in [1.807, 2.05) is 12.1 Å². The second-order valence-electron chi connectivity index (χ2n) is 5.58. The van der Waals surface area contributed by atoms with Gasteiger partial charge in [0.15, 0.2) is 11.5 Å². The molecule has 132 valence electrons. The van der Waals surface area contributed by atoms with Crippen LogP contribution in [-0.2, 0) is 7.05 Å². The first-order chi connectivity index (χ1) is 12.0. The van der Waals surface area contributed by atoms with Gasteiger partial charge in [0.1, 0.15) is 5.56 Å². The molecule has 9 nitrogen and oxygen atoms in total. The van der Waals surface area contributed by atoms with Crippen LogP contribution >= 0.6 is 0 Å². The lowest BCUT2D eigenvalue weighted by molar-refractivity contribution is 0.354. The molecule has 0 amide bonds. The van der Waals surface area contributed by atoms with E-state index in [1.54, 1.807) is 20.3 Å². The molecule has 0 unspecified atom stereocenters. The van der Waals surface area contributed by atoms with Crippen LogP contribution in [0.4, 0.5) is 0 Å². The second kappa shape index (κ2) is 6.34. The summed E-state index contributed by atoms with van der Waals surface area (Å²) in [5, 5.41) is 14.3. The highest BCUT2D eigenvalue weighted by atomic mass is 16.5. The molecule has 2 aromatic rings.